The molecule has 1 N–H and O–H groups in total. The van der Waals surface area contributed by atoms with E-state index in [4.69, 9.17) is 9.47 Å². The first-order chi connectivity index (χ1) is 13.6. The van der Waals surface area contributed by atoms with E-state index < -0.39 is 6.10 Å². The lowest BCUT2D eigenvalue weighted by atomic mass is 9.97. The molecule has 8 nitrogen and oxygen atoms in total. The molecule has 2 saturated heterocycles. The zero-order valence-corrected chi connectivity index (χ0v) is 16.3. The van der Waals surface area contributed by atoms with Crippen molar-refractivity contribution in [1.29, 1.82) is 0 Å². The lowest BCUT2D eigenvalue weighted by molar-refractivity contribution is -0.134. The summed E-state index contributed by atoms with van der Waals surface area (Å²) in [4.78, 5) is 27.1. The van der Waals surface area contributed by atoms with Crippen molar-refractivity contribution in [2.75, 3.05) is 40.0 Å². The first kappa shape index (κ1) is 18.9. The fraction of sp³-hybridized carbons (Fsp3) is 0.550. The van der Waals surface area contributed by atoms with Gasteiger partial charge in [-0.1, -0.05) is 6.07 Å². The van der Waals surface area contributed by atoms with Crippen LogP contribution in [-0.2, 0) is 14.3 Å². The molecule has 0 radical (unpaired) electrons. The molecule has 2 aliphatic rings. The third-order valence-electron chi connectivity index (χ3n) is 5.64. The van der Waals surface area contributed by atoms with Gasteiger partial charge in [-0.3, -0.25) is 9.59 Å². The van der Waals surface area contributed by atoms with E-state index >= 15 is 0 Å². The van der Waals surface area contributed by atoms with Crippen molar-refractivity contribution < 1.29 is 19.1 Å². The van der Waals surface area contributed by atoms with Crippen LogP contribution in [0, 0.1) is 18.8 Å². The van der Waals surface area contributed by atoms with Gasteiger partial charge in [-0.25, -0.2) is 4.52 Å². The van der Waals surface area contributed by atoms with Gasteiger partial charge in [0, 0.05) is 51.4 Å². The normalized spacial score (nSPS) is 20.9. The van der Waals surface area contributed by atoms with Gasteiger partial charge < -0.3 is 19.7 Å². The number of fused-ring (bicyclic) bond motifs is 1. The molecule has 4 rings (SSSR count). The number of likely N-dealkylation sites (tertiary alicyclic amines) is 1. The zero-order valence-electron chi connectivity index (χ0n) is 16.3. The molecule has 2 fully saturated rings. The van der Waals surface area contributed by atoms with Crippen LogP contribution in [0.25, 0.3) is 5.52 Å². The van der Waals surface area contributed by atoms with E-state index in [0.29, 0.717) is 38.4 Å². The molecule has 0 aromatic carbocycles. The Labute approximate surface area is 163 Å². The van der Waals surface area contributed by atoms with Crippen molar-refractivity contribution in [2.45, 2.75) is 19.4 Å². The molecule has 0 saturated carbocycles. The fourth-order valence-electron chi connectivity index (χ4n) is 4.05. The van der Waals surface area contributed by atoms with Gasteiger partial charge in [0.2, 0.25) is 5.91 Å². The Balaban J connectivity index is 1.30. The monoisotopic (exact) mass is 386 g/mol. The Bertz CT molecular complexity index is 868. The molecule has 2 aromatic heterocycles. The molecular weight excluding hydrogens is 360 g/mol. The number of hydrogen-bond donors (Lipinski definition) is 1. The molecule has 2 aliphatic heterocycles. The van der Waals surface area contributed by atoms with Crippen molar-refractivity contribution in [1.82, 2.24) is 19.8 Å². The smallest absolute Gasteiger partial charge is 0.257 e. The number of methoxy groups -OCH3 is 1. The lowest BCUT2D eigenvalue weighted by Gasteiger charge is -2.39. The predicted octanol–water partition coefficient (Wildman–Crippen LogP) is 0.882. The van der Waals surface area contributed by atoms with Gasteiger partial charge in [-0.2, -0.15) is 5.10 Å². The van der Waals surface area contributed by atoms with E-state index in [1.807, 2.05) is 36.2 Å². The first-order valence-corrected chi connectivity index (χ1v) is 9.70. The van der Waals surface area contributed by atoms with Crippen molar-refractivity contribution in [3.63, 3.8) is 0 Å². The topological polar surface area (TPSA) is 85.2 Å². The van der Waals surface area contributed by atoms with Crippen LogP contribution in [0.15, 0.2) is 24.4 Å². The second-order valence-electron chi connectivity index (χ2n) is 7.59. The zero-order chi connectivity index (χ0) is 19.7. The number of carbonyl (C=O) groups is 2. The molecule has 0 bridgehead atoms. The number of aromatic nitrogens is 2. The number of aryl methyl sites for hydroxylation is 1. The number of amides is 2. The van der Waals surface area contributed by atoms with E-state index in [1.165, 1.54) is 0 Å². The molecule has 2 unspecified atom stereocenters. The average molecular weight is 386 g/mol. The highest BCUT2D eigenvalue weighted by molar-refractivity contribution is 6.02. The number of ether oxygens (including phenoxy) is 2. The minimum atomic E-state index is -0.471. The van der Waals surface area contributed by atoms with E-state index in [2.05, 4.69) is 10.4 Å². The predicted molar refractivity (Wildman–Crippen MR) is 102 cm³/mol. The summed E-state index contributed by atoms with van der Waals surface area (Å²) in [7, 11) is 1.56. The molecule has 0 spiro atoms. The molecule has 2 aromatic rings. The largest absolute Gasteiger partial charge is 0.381 e. The van der Waals surface area contributed by atoms with Crippen LogP contribution >= 0.6 is 0 Å². The molecule has 4 heterocycles. The average Bonchev–Trinajstić information content (AvgIpc) is 3.27. The Kier molecular flexibility index (Phi) is 5.32. The van der Waals surface area contributed by atoms with Crippen molar-refractivity contribution in [3.05, 3.63) is 35.7 Å². The van der Waals surface area contributed by atoms with Crippen molar-refractivity contribution in [3.8, 4) is 0 Å². The summed E-state index contributed by atoms with van der Waals surface area (Å²) in [5.41, 5.74) is 2.21. The second-order valence-corrected chi connectivity index (χ2v) is 7.59. The van der Waals surface area contributed by atoms with Gasteiger partial charge in [0.25, 0.3) is 5.91 Å². The Morgan fingerprint density at radius 3 is 2.93 bits per heavy atom. The number of hydrogen-bond acceptors (Lipinski definition) is 5. The maximum atomic E-state index is 12.9. The summed E-state index contributed by atoms with van der Waals surface area (Å²) in [6.07, 6.45) is 2.22. The molecule has 28 heavy (non-hydrogen) atoms. The van der Waals surface area contributed by atoms with Gasteiger partial charge in [-0.15, -0.1) is 0 Å². The summed E-state index contributed by atoms with van der Waals surface area (Å²) in [5, 5.41) is 7.38. The minimum Gasteiger partial charge on any atom is -0.381 e. The number of nitrogens with zero attached hydrogens (tertiary/aromatic N) is 3. The molecule has 150 valence electrons. The van der Waals surface area contributed by atoms with Crippen LogP contribution in [0.2, 0.25) is 0 Å². The summed E-state index contributed by atoms with van der Waals surface area (Å²) >= 11 is 0. The summed E-state index contributed by atoms with van der Waals surface area (Å²) in [6, 6.07) is 5.70. The molecule has 2 amide bonds. The van der Waals surface area contributed by atoms with Crippen LogP contribution in [0.1, 0.15) is 22.5 Å². The Morgan fingerprint density at radius 2 is 2.21 bits per heavy atom. The SMILES string of the molecule is COC(C(=O)NCC1CN(C(=O)c2c(C)nn3ccccc23)C1)C1CCOC1. The third-order valence-corrected chi connectivity index (χ3v) is 5.64. The summed E-state index contributed by atoms with van der Waals surface area (Å²) < 4.78 is 12.5. The quantitative estimate of drug-likeness (QED) is 0.797. The van der Waals surface area contributed by atoms with Crippen LogP contribution in [0.5, 0.6) is 0 Å². The van der Waals surface area contributed by atoms with Gasteiger partial charge in [-0.05, 0) is 25.5 Å². The summed E-state index contributed by atoms with van der Waals surface area (Å²) in [6.45, 7) is 4.91. The fourth-order valence-corrected chi connectivity index (χ4v) is 4.05. The molecule has 0 aliphatic carbocycles. The Hall–Kier alpha value is -2.45. The third kappa shape index (κ3) is 3.49. The van der Waals surface area contributed by atoms with Gasteiger partial charge in [0.05, 0.1) is 23.4 Å². The highest BCUT2D eigenvalue weighted by Crippen LogP contribution is 2.23. The van der Waals surface area contributed by atoms with E-state index in [-0.39, 0.29) is 23.7 Å². The first-order valence-electron chi connectivity index (χ1n) is 9.70. The van der Waals surface area contributed by atoms with Crippen LogP contribution in [0.3, 0.4) is 0 Å². The summed E-state index contributed by atoms with van der Waals surface area (Å²) in [5.74, 6) is 0.274. The number of rotatable bonds is 6. The second kappa shape index (κ2) is 7.89. The van der Waals surface area contributed by atoms with Gasteiger partial charge >= 0.3 is 0 Å². The maximum Gasteiger partial charge on any atom is 0.257 e. The van der Waals surface area contributed by atoms with Gasteiger partial charge in [0.1, 0.15) is 6.10 Å². The minimum absolute atomic E-state index is 0.000788. The van der Waals surface area contributed by atoms with Crippen molar-refractivity contribution >= 4 is 17.3 Å². The molecule has 2 atom stereocenters. The standard InChI is InChI=1S/C20H26N4O4/c1-13-17(16-5-3-4-7-24(16)22-13)20(26)23-10-14(11-23)9-21-19(25)18(27-2)15-6-8-28-12-15/h3-5,7,14-15,18H,6,8-12H2,1-2H3,(H,21,25). The van der Waals surface area contributed by atoms with Crippen molar-refractivity contribution in [2.24, 2.45) is 11.8 Å². The van der Waals surface area contributed by atoms with Crippen LogP contribution in [-0.4, -0.2) is 72.4 Å². The van der Waals surface area contributed by atoms with E-state index in [9.17, 15) is 9.59 Å². The molecular formula is C20H26N4O4. The van der Waals surface area contributed by atoms with Crippen LogP contribution < -0.4 is 5.32 Å². The molecule has 8 heteroatoms. The highest BCUT2D eigenvalue weighted by Gasteiger charge is 2.35. The maximum absolute atomic E-state index is 12.9. The highest BCUT2D eigenvalue weighted by atomic mass is 16.5. The number of nitrogens with one attached hydrogen (secondary N) is 1. The number of pyridine rings is 1. The lowest BCUT2D eigenvalue weighted by Crippen LogP contribution is -2.55. The van der Waals surface area contributed by atoms with Crippen LogP contribution in [0.4, 0.5) is 0 Å². The Morgan fingerprint density at radius 1 is 1.39 bits per heavy atom. The van der Waals surface area contributed by atoms with Gasteiger partial charge in [0.15, 0.2) is 0 Å². The van der Waals surface area contributed by atoms with E-state index in [0.717, 1.165) is 17.6 Å². The number of carbonyl (C=O) groups excluding carboxylic acids is 2. The van der Waals surface area contributed by atoms with E-state index in [1.54, 1.807) is 11.6 Å².